The predicted molar refractivity (Wildman–Crippen MR) is 109 cm³/mol. The summed E-state index contributed by atoms with van der Waals surface area (Å²) in [7, 11) is 0. The average Bonchev–Trinajstić information content (AvgIpc) is 3.24. The molecule has 0 unspecified atom stereocenters. The van der Waals surface area contributed by atoms with Gasteiger partial charge in [0.2, 0.25) is 5.91 Å². The van der Waals surface area contributed by atoms with Crippen LogP contribution in [0, 0.1) is 23.7 Å². The second-order valence-corrected chi connectivity index (χ2v) is 8.81. The van der Waals surface area contributed by atoms with Gasteiger partial charge in [0.15, 0.2) is 0 Å². The molecule has 2 bridgehead atoms. The number of hydrogen-bond donors (Lipinski definition) is 1. The first-order valence-electron chi connectivity index (χ1n) is 10.1. The third kappa shape index (κ3) is 3.10. The number of piperazine rings is 1. The third-order valence-electron chi connectivity index (χ3n) is 6.77. The molecule has 4 atom stereocenters. The Morgan fingerprint density at radius 1 is 1.00 bits per heavy atom. The van der Waals surface area contributed by atoms with Gasteiger partial charge >= 0.3 is 5.97 Å². The topological polar surface area (TPSA) is 60.9 Å². The molecule has 1 aromatic rings. The van der Waals surface area contributed by atoms with E-state index in [0.717, 1.165) is 23.6 Å². The molecule has 1 heterocycles. The molecule has 28 heavy (non-hydrogen) atoms. The molecule has 1 aromatic carbocycles. The van der Waals surface area contributed by atoms with Crippen LogP contribution in [0.1, 0.15) is 26.7 Å². The summed E-state index contributed by atoms with van der Waals surface area (Å²) >= 11 is 6.31. The fourth-order valence-electron chi connectivity index (χ4n) is 5.67. The monoisotopic (exact) mass is 402 g/mol. The molecule has 0 aromatic heterocycles. The molecule has 3 aliphatic rings. The number of benzene rings is 1. The van der Waals surface area contributed by atoms with Gasteiger partial charge in [-0.25, -0.2) is 0 Å². The van der Waals surface area contributed by atoms with Gasteiger partial charge in [0.1, 0.15) is 0 Å². The van der Waals surface area contributed by atoms with Crippen LogP contribution in [-0.4, -0.2) is 48.1 Å². The smallest absolute Gasteiger partial charge is 0.307 e. The van der Waals surface area contributed by atoms with Crippen molar-refractivity contribution in [1.82, 2.24) is 4.90 Å². The van der Waals surface area contributed by atoms with Gasteiger partial charge < -0.3 is 14.9 Å². The van der Waals surface area contributed by atoms with E-state index in [1.54, 1.807) is 0 Å². The molecule has 1 N–H and O–H groups in total. The van der Waals surface area contributed by atoms with Crippen LogP contribution >= 0.6 is 11.6 Å². The van der Waals surface area contributed by atoms with Gasteiger partial charge in [-0.3, -0.25) is 9.59 Å². The Labute approximate surface area is 171 Å². The number of amides is 1. The summed E-state index contributed by atoms with van der Waals surface area (Å²) in [4.78, 5) is 29.5. The summed E-state index contributed by atoms with van der Waals surface area (Å²) in [6.45, 7) is 6.74. The van der Waals surface area contributed by atoms with Gasteiger partial charge in [0.05, 0.1) is 22.5 Å². The summed E-state index contributed by atoms with van der Waals surface area (Å²) in [6.07, 6.45) is 1.83. The molecule has 0 radical (unpaired) electrons. The van der Waals surface area contributed by atoms with E-state index in [2.05, 4.69) is 18.7 Å². The quantitative estimate of drug-likeness (QED) is 0.783. The van der Waals surface area contributed by atoms with Crippen LogP contribution in [-0.2, 0) is 9.59 Å². The van der Waals surface area contributed by atoms with Crippen molar-refractivity contribution in [1.29, 1.82) is 0 Å². The minimum absolute atomic E-state index is 0.0251. The molecule has 3 fully saturated rings. The van der Waals surface area contributed by atoms with Crippen LogP contribution < -0.4 is 4.90 Å². The second-order valence-electron chi connectivity index (χ2n) is 8.40. The SMILES string of the molecule is CC(C)=C1[C@H]2CC[C@@H]1[C@@H](C(=O)N1CCN(c3ccccc3Cl)CC1)[C@@H]2C(=O)O. The van der Waals surface area contributed by atoms with E-state index < -0.39 is 17.8 Å². The molecule has 1 aliphatic heterocycles. The number of nitrogens with zero attached hydrogens (tertiary/aromatic N) is 2. The molecule has 1 amide bonds. The maximum absolute atomic E-state index is 13.4. The highest BCUT2D eigenvalue weighted by atomic mass is 35.5. The fraction of sp³-hybridized carbons (Fsp3) is 0.545. The number of para-hydroxylation sites is 1. The van der Waals surface area contributed by atoms with E-state index in [9.17, 15) is 14.7 Å². The second kappa shape index (κ2) is 7.43. The van der Waals surface area contributed by atoms with Gasteiger partial charge in [0.25, 0.3) is 0 Å². The lowest BCUT2D eigenvalue weighted by Gasteiger charge is -2.39. The number of rotatable bonds is 3. The molecular formula is C22H27ClN2O3. The Morgan fingerprint density at radius 2 is 1.61 bits per heavy atom. The summed E-state index contributed by atoms with van der Waals surface area (Å²) in [5.74, 6) is -1.64. The van der Waals surface area contributed by atoms with Crippen LogP contribution in [0.5, 0.6) is 0 Å². The average molecular weight is 403 g/mol. The van der Waals surface area contributed by atoms with Crippen molar-refractivity contribution in [3.63, 3.8) is 0 Å². The van der Waals surface area contributed by atoms with Gasteiger partial charge in [-0.1, -0.05) is 34.9 Å². The maximum atomic E-state index is 13.4. The summed E-state index contributed by atoms with van der Waals surface area (Å²) < 4.78 is 0. The number of allylic oxidation sites excluding steroid dienone is 2. The molecule has 5 nitrogen and oxygen atoms in total. The molecule has 2 aliphatic carbocycles. The Hall–Kier alpha value is -2.01. The van der Waals surface area contributed by atoms with Crippen molar-refractivity contribution in [2.24, 2.45) is 23.7 Å². The third-order valence-corrected chi connectivity index (χ3v) is 7.09. The minimum Gasteiger partial charge on any atom is -0.481 e. The van der Waals surface area contributed by atoms with E-state index in [-0.39, 0.29) is 17.7 Å². The first kappa shape index (κ1) is 19.3. The van der Waals surface area contributed by atoms with Crippen LogP contribution in [0.25, 0.3) is 0 Å². The molecule has 150 valence electrons. The number of anilines is 1. The highest BCUT2D eigenvalue weighted by molar-refractivity contribution is 6.33. The number of carbonyl (C=O) groups is 2. The Kier molecular flexibility index (Phi) is 5.13. The van der Waals surface area contributed by atoms with Crippen molar-refractivity contribution >= 4 is 29.2 Å². The highest BCUT2D eigenvalue weighted by Gasteiger charge is 2.58. The lowest BCUT2D eigenvalue weighted by atomic mass is 9.78. The van der Waals surface area contributed by atoms with E-state index >= 15 is 0 Å². The zero-order valence-electron chi connectivity index (χ0n) is 16.4. The van der Waals surface area contributed by atoms with Crippen molar-refractivity contribution in [3.05, 3.63) is 40.4 Å². The number of carbonyl (C=O) groups excluding carboxylic acids is 1. The van der Waals surface area contributed by atoms with Crippen LogP contribution in [0.2, 0.25) is 5.02 Å². The van der Waals surface area contributed by atoms with E-state index in [0.29, 0.717) is 26.2 Å². The van der Waals surface area contributed by atoms with Crippen LogP contribution in [0.4, 0.5) is 5.69 Å². The molecular weight excluding hydrogens is 376 g/mol. The molecule has 1 saturated heterocycles. The fourth-order valence-corrected chi connectivity index (χ4v) is 5.93. The molecule has 4 rings (SSSR count). The first-order chi connectivity index (χ1) is 13.4. The largest absolute Gasteiger partial charge is 0.481 e. The Bertz CT molecular complexity index is 825. The zero-order chi connectivity index (χ0) is 20.0. The van der Waals surface area contributed by atoms with E-state index in [1.165, 1.54) is 11.1 Å². The predicted octanol–water partition coefficient (Wildman–Crippen LogP) is 3.68. The first-order valence-corrected chi connectivity index (χ1v) is 10.5. The van der Waals surface area contributed by atoms with Crippen LogP contribution in [0.15, 0.2) is 35.4 Å². The van der Waals surface area contributed by atoms with Gasteiger partial charge in [-0.15, -0.1) is 0 Å². The van der Waals surface area contributed by atoms with Crippen molar-refractivity contribution < 1.29 is 14.7 Å². The molecule has 2 saturated carbocycles. The lowest BCUT2D eigenvalue weighted by molar-refractivity contribution is -0.153. The van der Waals surface area contributed by atoms with Crippen molar-refractivity contribution in [2.45, 2.75) is 26.7 Å². The lowest BCUT2D eigenvalue weighted by Crippen LogP contribution is -2.52. The summed E-state index contributed by atoms with van der Waals surface area (Å²) in [6, 6.07) is 7.75. The standard InChI is InChI=1S/C22H27ClN2O3/c1-13(2)18-14-7-8-15(18)20(22(27)28)19(14)21(26)25-11-9-24(10-12-25)17-6-4-3-5-16(17)23/h3-6,14-15,19-20H,7-12H2,1-2H3,(H,27,28)/t14-,15+,19+,20+/m0/s1. The number of aliphatic carboxylic acids is 1. The number of carboxylic acid groups (broad SMARTS) is 1. The van der Waals surface area contributed by atoms with Gasteiger partial charge in [-0.05, 0) is 50.7 Å². The number of halogens is 1. The van der Waals surface area contributed by atoms with E-state index in [1.807, 2.05) is 29.2 Å². The minimum atomic E-state index is -0.820. The molecule has 6 heteroatoms. The van der Waals surface area contributed by atoms with Crippen LogP contribution in [0.3, 0.4) is 0 Å². The molecule has 0 spiro atoms. The maximum Gasteiger partial charge on any atom is 0.307 e. The zero-order valence-corrected chi connectivity index (χ0v) is 17.2. The number of hydrogen-bond acceptors (Lipinski definition) is 3. The summed E-state index contributed by atoms with van der Waals surface area (Å²) in [5, 5.41) is 10.6. The van der Waals surface area contributed by atoms with Gasteiger partial charge in [0, 0.05) is 26.2 Å². The Balaban J connectivity index is 1.50. The Morgan fingerprint density at radius 3 is 2.18 bits per heavy atom. The number of fused-ring (bicyclic) bond motifs is 2. The van der Waals surface area contributed by atoms with Crippen molar-refractivity contribution in [2.75, 3.05) is 31.1 Å². The number of carboxylic acids is 1. The van der Waals surface area contributed by atoms with Gasteiger partial charge in [-0.2, -0.15) is 0 Å². The van der Waals surface area contributed by atoms with Crippen molar-refractivity contribution in [3.8, 4) is 0 Å². The normalized spacial score (nSPS) is 29.3. The van der Waals surface area contributed by atoms with E-state index in [4.69, 9.17) is 11.6 Å². The highest BCUT2D eigenvalue weighted by Crippen LogP contribution is 2.57. The summed E-state index contributed by atoms with van der Waals surface area (Å²) in [5.41, 5.74) is 3.42.